The van der Waals surface area contributed by atoms with Crippen molar-refractivity contribution in [3.63, 3.8) is 0 Å². The van der Waals surface area contributed by atoms with Gasteiger partial charge in [0.05, 0.1) is 16.6 Å². The number of anilines is 1. The van der Waals surface area contributed by atoms with Gasteiger partial charge in [-0.15, -0.1) is 0 Å². The third-order valence-electron chi connectivity index (χ3n) is 4.90. The second kappa shape index (κ2) is 7.49. The SMILES string of the molecule is Cc1cc(C)c2nc(-n3ncc(C#N)c3NS(=O)(=O)c3ccc(F)cc3)cc(C)c2c1. The van der Waals surface area contributed by atoms with Crippen LogP contribution >= 0.6 is 0 Å². The minimum atomic E-state index is -4.09. The minimum absolute atomic E-state index is 0.0332. The van der Waals surface area contributed by atoms with E-state index in [1.807, 2.05) is 39.0 Å². The van der Waals surface area contributed by atoms with Crippen LogP contribution in [0.4, 0.5) is 10.2 Å². The second-order valence-electron chi connectivity index (χ2n) is 7.27. The van der Waals surface area contributed by atoms with Gasteiger partial charge >= 0.3 is 0 Å². The van der Waals surface area contributed by atoms with E-state index in [9.17, 15) is 18.1 Å². The Bertz CT molecular complexity index is 1470. The highest BCUT2D eigenvalue weighted by molar-refractivity contribution is 7.92. The van der Waals surface area contributed by atoms with Gasteiger partial charge < -0.3 is 0 Å². The van der Waals surface area contributed by atoms with Crippen LogP contribution in [0.15, 0.2) is 53.6 Å². The molecule has 7 nitrogen and oxygen atoms in total. The number of hydrogen-bond donors (Lipinski definition) is 1. The molecular weight excluding hydrogens is 417 g/mol. The number of fused-ring (bicyclic) bond motifs is 1. The molecule has 0 saturated heterocycles. The lowest BCUT2D eigenvalue weighted by molar-refractivity contribution is 0.599. The van der Waals surface area contributed by atoms with Crippen molar-refractivity contribution < 1.29 is 12.8 Å². The van der Waals surface area contributed by atoms with E-state index in [1.54, 1.807) is 6.07 Å². The molecule has 4 rings (SSSR count). The maximum absolute atomic E-state index is 13.2. The van der Waals surface area contributed by atoms with E-state index >= 15 is 0 Å². The Labute approximate surface area is 178 Å². The molecule has 2 heterocycles. The molecule has 0 unspecified atom stereocenters. The third kappa shape index (κ3) is 3.73. The molecule has 0 radical (unpaired) electrons. The summed E-state index contributed by atoms with van der Waals surface area (Å²) in [4.78, 5) is 4.54. The number of nitriles is 1. The normalized spacial score (nSPS) is 11.5. The molecule has 0 saturated carbocycles. The molecule has 0 aliphatic rings. The first-order valence-electron chi connectivity index (χ1n) is 9.35. The summed E-state index contributed by atoms with van der Waals surface area (Å²) >= 11 is 0. The summed E-state index contributed by atoms with van der Waals surface area (Å²) in [7, 11) is -4.09. The van der Waals surface area contributed by atoms with E-state index in [4.69, 9.17) is 0 Å². The zero-order chi connectivity index (χ0) is 22.3. The van der Waals surface area contributed by atoms with Crippen LogP contribution in [0.3, 0.4) is 0 Å². The maximum Gasteiger partial charge on any atom is 0.263 e. The molecule has 2 aromatic carbocycles. The lowest BCUT2D eigenvalue weighted by Crippen LogP contribution is -2.17. The van der Waals surface area contributed by atoms with Crippen molar-refractivity contribution in [2.75, 3.05) is 4.72 Å². The Hall–Kier alpha value is -3.77. The molecule has 2 aromatic heterocycles. The van der Waals surface area contributed by atoms with Crippen LogP contribution in [-0.2, 0) is 10.0 Å². The maximum atomic E-state index is 13.2. The highest BCUT2D eigenvalue weighted by Crippen LogP contribution is 2.27. The molecule has 0 atom stereocenters. The Balaban J connectivity index is 1.86. The molecule has 0 aliphatic carbocycles. The van der Waals surface area contributed by atoms with Gasteiger partial charge in [0.1, 0.15) is 17.4 Å². The largest absolute Gasteiger partial charge is 0.263 e. The number of sulfonamides is 1. The molecule has 4 aromatic rings. The van der Waals surface area contributed by atoms with Crippen molar-refractivity contribution in [1.82, 2.24) is 14.8 Å². The number of hydrogen-bond acceptors (Lipinski definition) is 5. The fourth-order valence-electron chi connectivity index (χ4n) is 3.44. The fraction of sp³-hybridized carbons (Fsp3) is 0.136. The van der Waals surface area contributed by atoms with Crippen LogP contribution in [-0.4, -0.2) is 23.2 Å². The quantitative estimate of drug-likeness (QED) is 0.519. The van der Waals surface area contributed by atoms with Gasteiger partial charge in [-0.2, -0.15) is 15.0 Å². The van der Waals surface area contributed by atoms with Crippen LogP contribution in [0.2, 0.25) is 0 Å². The molecule has 0 aliphatic heterocycles. The molecule has 31 heavy (non-hydrogen) atoms. The predicted octanol–water partition coefficient (Wildman–Crippen LogP) is 4.16. The summed E-state index contributed by atoms with van der Waals surface area (Å²) < 4.78 is 42.5. The number of benzene rings is 2. The Morgan fingerprint density at radius 3 is 2.45 bits per heavy atom. The van der Waals surface area contributed by atoms with Crippen molar-refractivity contribution in [3.8, 4) is 11.9 Å². The lowest BCUT2D eigenvalue weighted by atomic mass is 10.0. The zero-order valence-electron chi connectivity index (χ0n) is 17.0. The van der Waals surface area contributed by atoms with Crippen LogP contribution < -0.4 is 4.72 Å². The molecule has 0 bridgehead atoms. The van der Waals surface area contributed by atoms with Gasteiger partial charge in [-0.05, 0) is 68.3 Å². The minimum Gasteiger partial charge on any atom is -0.262 e. The Kier molecular flexibility index (Phi) is 4.95. The fourth-order valence-corrected chi connectivity index (χ4v) is 4.50. The first-order chi connectivity index (χ1) is 14.7. The number of nitrogens with one attached hydrogen (secondary N) is 1. The highest BCUT2D eigenvalue weighted by Gasteiger charge is 2.22. The van der Waals surface area contributed by atoms with Gasteiger partial charge in [-0.25, -0.2) is 17.8 Å². The van der Waals surface area contributed by atoms with Crippen LogP contribution in [0.25, 0.3) is 16.7 Å². The van der Waals surface area contributed by atoms with E-state index < -0.39 is 15.8 Å². The smallest absolute Gasteiger partial charge is 0.262 e. The van der Waals surface area contributed by atoms with E-state index in [0.717, 1.165) is 51.9 Å². The molecular formula is C22H18FN5O2S. The van der Waals surface area contributed by atoms with Gasteiger partial charge in [-0.1, -0.05) is 11.6 Å². The summed E-state index contributed by atoms with van der Waals surface area (Å²) in [5, 5.41) is 14.7. The topological polar surface area (TPSA) is 101 Å². The van der Waals surface area contributed by atoms with Crippen molar-refractivity contribution in [2.24, 2.45) is 0 Å². The number of pyridine rings is 1. The summed E-state index contributed by atoms with van der Waals surface area (Å²) in [6.07, 6.45) is 1.27. The number of aromatic nitrogens is 3. The first-order valence-corrected chi connectivity index (χ1v) is 10.8. The molecule has 0 amide bonds. The first kappa shape index (κ1) is 20.5. The molecule has 0 spiro atoms. The van der Waals surface area contributed by atoms with Gasteiger partial charge in [0.25, 0.3) is 10.0 Å². The number of aryl methyl sites for hydroxylation is 3. The zero-order valence-corrected chi connectivity index (χ0v) is 17.8. The van der Waals surface area contributed by atoms with Gasteiger partial charge in [0, 0.05) is 5.39 Å². The molecule has 1 N–H and O–H groups in total. The van der Waals surface area contributed by atoms with Crippen molar-refractivity contribution in [1.29, 1.82) is 5.26 Å². The van der Waals surface area contributed by atoms with E-state index in [2.05, 4.69) is 14.8 Å². The van der Waals surface area contributed by atoms with Gasteiger partial charge in [0.2, 0.25) is 0 Å². The highest BCUT2D eigenvalue weighted by atomic mass is 32.2. The van der Waals surface area contributed by atoms with Crippen LogP contribution in [0.5, 0.6) is 0 Å². The third-order valence-corrected chi connectivity index (χ3v) is 6.26. The van der Waals surface area contributed by atoms with Crippen LogP contribution in [0.1, 0.15) is 22.3 Å². The average molecular weight is 435 g/mol. The Morgan fingerprint density at radius 1 is 1.06 bits per heavy atom. The predicted molar refractivity (Wildman–Crippen MR) is 115 cm³/mol. The monoisotopic (exact) mass is 435 g/mol. The standard InChI is InChI=1S/C22H18FN5O2S/c1-13-8-15(3)21-19(9-13)14(2)10-20(26-21)28-22(16(11-24)12-25-28)27-31(29,30)18-6-4-17(23)5-7-18/h4-10,12,27H,1-3H3. The van der Waals surface area contributed by atoms with Gasteiger partial charge in [0.15, 0.2) is 11.6 Å². The number of rotatable bonds is 4. The summed E-state index contributed by atoms with van der Waals surface area (Å²) in [6, 6.07) is 12.2. The van der Waals surface area contributed by atoms with E-state index in [1.165, 1.54) is 10.9 Å². The van der Waals surface area contributed by atoms with Crippen molar-refractivity contribution >= 4 is 26.7 Å². The second-order valence-corrected chi connectivity index (χ2v) is 8.95. The molecule has 0 fully saturated rings. The molecule has 156 valence electrons. The lowest BCUT2D eigenvalue weighted by Gasteiger charge is -2.13. The number of halogens is 1. The van der Waals surface area contributed by atoms with Crippen molar-refractivity contribution in [2.45, 2.75) is 25.7 Å². The molecule has 9 heteroatoms. The summed E-state index contributed by atoms with van der Waals surface area (Å²) in [6.45, 7) is 5.89. The summed E-state index contributed by atoms with van der Waals surface area (Å²) in [5.41, 5.74) is 3.82. The Morgan fingerprint density at radius 2 is 1.77 bits per heavy atom. The van der Waals surface area contributed by atoms with Gasteiger partial charge in [-0.3, -0.25) is 4.72 Å². The van der Waals surface area contributed by atoms with Crippen LogP contribution in [0, 0.1) is 37.9 Å². The summed E-state index contributed by atoms with van der Waals surface area (Å²) in [5.74, 6) is -0.221. The van der Waals surface area contributed by atoms with E-state index in [-0.39, 0.29) is 16.3 Å². The number of nitrogens with zero attached hydrogens (tertiary/aromatic N) is 4. The van der Waals surface area contributed by atoms with Crippen molar-refractivity contribution in [3.05, 3.63) is 76.7 Å². The average Bonchev–Trinajstić information content (AvgIpc) is 3.11. The van der Waals surface area contributed by atoms with E-state index in [0.29, 0.717) is 5.82 Å².